The molecule has 1 saturated heterocycles. The maximum Gasteiger partial charge on any atom is 0.324 e. The van der Waals surface area contributed by atoms with E-state index in [-0.39, 0.29) is 30.5 Å². The van der Waals surface area contributed by atoms with Gasteiger partial charge in [0.2, 0.25) is 5.91 Å². The van der Waals surface area contributed by atoms with Gasteiger partial charge < -0.3 is 20.6 Å². The van der Waals surface area contributed by atoms with Crippen molar-refractivity contribution >= 4 is 11.9 Å². The molecule has 3 unspecified atom stereocenters. The van der Waals surface area contributed by atoms with Crippen molar-refractivity contribution < 1.29 is 24.9 Å². The second-order valence-corrected chi connectivity index (χ2v) is 11.5. The summed E-state index contributed by atoms with van der Waals surface area (Å²) in [5.74, 6) is 0.444. The Labute approximate surface area is 231 Å². The van der Waals surface area contributed by atoms with E-state index in [9.17, 15) is 24.9 Å². The van der Waals surface area contributed by atoms with E-state index in [4.69, 9.17) is 0 Å². The van der Waals surface area contributed by atoms with Gasteiger partial charge in [-0.15, -0.1) is 0 Å². The highest BCUT2D eigenvalue weighted by Gasteiger charge is 2.59. The minimum absolute atomic E-state index is 0.0312. The zero-order chi connectivity index (χ0) is 28.4. The first-order valence-electron chi connectivity index (χ1n) is 14.1. The molecule has 2 fully saturated rings. The smallest absolute Gasteiger partial charge is 0.324 e. The number of piperidine rings is 1. The Morgan fingerprint density at radius 2 is 1.77 bits per heavy atom. The lowest BCUT2D eigenvalue weighted by atomic mass is 9.56. The summed E-state index contributed by atoms with van der Waals surface area (Å²) >= 11 is 0. The number of urea groups is 1. The molecule has 3 amide bonds. The minimum atomic E-state index is -1.27. The summed E-state index contributed by atoms with van der Waals surface area (Å²) in [6.07, 6.45) is 4.07. The maximum atomic E-state index is 14.2. The van der Waals surface area contributed by atoms with Gasteiger partial charge in [-0.1, -0.05) is 31.5 Å². The van der Waals surface area contributed by atoms with Crippen LogP contribution in [-0.2, 0) is 16.8 Å². The molecular weight excluding hydrogens is 494 g/mol. The van der Waals surface area contributed by atoms with Gasteiger partial charge in [-0.05, 0) is 92.9 Å². The van der Waals surface area contributed by atoms with Crippen LogP contribution in [0, 0.1) is 12.8 Å². The number of benzene rings is 2. The fourth-order valence-corrected chi connectivity index (χ4v) is 6.53. The number of aryl methyl sites for hydroxylation is 1. The number of rotatable bonds is 9. The number of carbonyl (C=O) groups excluding carboxylic acids is 2. The van der Waals surface area contributed by atoms with Crippen LogP contribution in [0.5, 0.6) is 11.5 Å². The first kappa shape index (κ1) is 28.9. The van der Waals surface area contributed by atoms with Crippen LogP contribution in [0.2, 0.25) is 0 Å². The maximum absolute atomic E-state index is 14.2. The Morgan fingerprint density at radius 1 is 1.10 bits per heavy atom. The van der Waals surface area contributed by atoms with Crippen molar-refractivity contribution in [3.05, 3.63) is 59.2 Å². The van der Waals surface area contributed by atoms with Gasteiger partial charge in [0.25, 0.3) is 0 Å². The van der Waals surface area contributed by atoms with Gasteiger partial charge in [0.1, 0.15) is 11.5 Å². The molecule has 1 heterocycles. The van der Waals surface area contributed by atoms with Crippen LogP contribution in [0.3, 0.4) is 0 Å². The van der Waals surface area contributed by atoms with Crippen LogP contribution < -0.4 is 5.32 Å². The highest BCUT2D eigenvalue weighted by molar-refractivity contribution is 5.95. The topological polar surface area (TPSA) is 113 Å². The molecule has 0 bridgehead atoms. The minimum Gasteiger partial charge on any atom is -0.508 e. The van der Waals surface area contributed by atoms with E-state index >= 15 is 0 Å². The lowest BCUT2D eigenvalue weighted by Gasteiger charge is -2.58. The van der Waals surface area contributed by atoms with Gasteiger partial charge in [0.15, 0.2) is 0 Å². The van der Waals surface area contributed by atoms with Crippen LogP contribution in [0.4, 0.5) is 4.79 Å². The van der Waals surface area contributed by atoms with Crippen LogP contribution >= 0.6 is 0 Å². The molecule has 1 saturated carbocycles. The molecule has 1 aliphatic carbocycles. The normalized spacial score (nSPS) is 25.3. The third kappa shape index (κ3) is 5.77. The highest BCUT2D eigenvalue weighted by atomic mass is 16.3. The second-order valence-electron chi connectivity index (χ2n) is 11.5. The van der Waals surface area contributed by atoms with Crippen LogP contribution in [0.25, 0.3) is 0 Å². The summed E-state index contributed by atoms with van der Waals surface area (Å²) in [6.45, 7) is 7.71. The first-order chi connectivity index (χ1) is 18.5. The number of carbonyl (C=O) groups is 2. The third-order valence-electron chi connectivity index (χ3n) is 8.94. The fourth-order valence-electron chi connectivity index (χ4n) is 6.53. The molecule has 4 rings (SSSR count). The molecule has 3 atom stereocenters. The van der Waals surface area contributed by atoms with E-state index in [1.54, 1.807) is 24.3 Å². The van der Waals surface area contributed by atoms with Crippen molar-refractivity contribution in [3.8, 4) is 11.5 Å². The van der Waals surface area contributed by atoms with Gasteiger partial charge in [-0.25, -0.2) is 4.79 Å². The van der Waals surface area contributed by atoms with Gasteiger partial charge in [-0.3, -0.25) is 14.6 Å². The van der Waals surface area contributed by atoms with Crippen molar-refractivity contribution in [1.29, 1.82) is 0 Å². The largest absolute Gasteiger partial charge is 0.508 e. The number of phenolic OH excluding ortho intramolecular Hbond substituents is 2. The second kappa shape index (κ2) is 11.6. The van der Waals surface area contributed by atoms with Gasteiger partial charge >= 0.3 is 6.03 Å². The number of phenols is 2. The Morgan fingerprint density at radius 3 is 2.38 bits per heavy atom. The van der Waals surface area contributed by atoms with Crippen molar-refractivity contribution in [3.63, 3.8) is 0 Å². The molecule has 2 aromatic carbocycles. The molecule has 1 aliphatic heterocycles. The van der Waals surface area contributed by atoms with Crippen LogP contribution in [0.1, 0.15) is 69.1 Å². The number of amides is 3. The summed E-state index contributed by atoms with van der Waals surface area (Å²) in [5.41, 5.74) is 0.0672. The molecule has 4 N–H and O–H groups in total. The third-order valence-corrected chi connectivity index (χ3v) is 8.94. The highest BCUT2D eigenvalue weighted by Crippen LogP contribution is 2.52. The van der Waals surface area contributed by atoms with Gasteiger partial charge in [-0.2, -0.15) is 0 Å². The van der Waals surface area contributed by atoms with E-state index < -0.39 is 23.0 Å². The molecule has 8 nitrogen and oxygen atoms in total. The lowest BCUT2D eigenvalue weighted by molar-refractivity contribution is -0.155. The number of aromatic hydroxyl groups is 2. The summed E-state index contributed by atoms with van der Waals surface area (Å²) < 4.78 is 0. The average Bonchev–Trinajstić information content (AvgIpc) is 3.73. The van der Waals surface area contributed by atoms with Crippen molar-refractivity contribution in [2.45, 2.75) is 82.9 Å². The van der Waals surface area contributed by atoms with Crippen molar-refractivity contribution in [1.82, 2.24) is 15.1 Å². The van der Waals surface area contributed by atoms with E-state index in [1.807, 2.05) is 19.9 Å². The Balaban J connectivity index is 1.78. The molecule has 212 valence electrons. The van der Waals surface area contributed by atoms with E-state index in [2.05, 4.69) is 17.1 Å². The molecular formula is C31H43N3O5. The molecule has 39 heavy (non-hydrogen) atoms. The van der Waals surface area contributed by atoms with E-state index in [0.29, 0.717) is 30.9 Å². The van der Waals surface area contributed by atoms with Crippen molar-refractivity contribution in [2.75, 3.05) is 20.1 Å². The number of nitrogens with one attached hydrogen (secondary N) is 1. The van der Waals surface area contributed by atoms with Gasteiger partial charge in [0.05, 0.1) is 12.1 Å². The van der Waals surface area contributed by atoms with Crippen LogP contribution in [-0.4, -0.2) is 68.8 Å². The number of imide groups is 1. The van der Waals surface area contributed by atoms with Gasteiger partial charge in [0, 0.05) is 31.5 Å². The summed E-state index contributed by atoms with van der Waals surface area (Å²) in [7, 11) is 1.49. The predicted octanol–water partition coefficient (Wildman–Crippen LogP) is 4.44. The summed E-state index contributed by atoms with van der Waals surface area (Å²) in [4.78, 5) is 30.7. The van der Waals surface area contributed by atoms with Crippen molar-refractivity contribution in [2.24, 2.45) is 5.92 Å². The standard InChI is InChI=1S/C31H43N3O5/c1-5-14-31(39)22(3)33(19-23-7-8-23)16-15-30(31,27-17-26(36)11-6-21(27)2)18-28(37)34(29(38)32-4)20-24-9-12-25(35)13-10-24/h6,9-13,17,22-23,35-36,39H,5,7-8,14-16,18-20H2,1-4H3,(H,32,38). The molecule has 8 heteroatoms. The Kier molecular flexibility index (Phi) is 8.57. The molecule has 0 aromatic heterocycles. The molecule has 2 aliphatic rings. The molecule has 0 spiro atoms. The Hall–Kier alpha value is -3.10. The molecule has 2 aromatic rings. The first-order valence-corrected chi connectivity index (χ1v) is 14.1. The summed E-state index contributed by atoms with van der Waals surface area (Å²) in [6, 6.07) is 10.8. The Bertz CT molecular complexity index is 1180. The predicted molar refractivity (Wildman–Crippen MR) is 150 cm³/mol. The average molecular weight is 538 g/mol. The van der Waals surface area contributed by atoms with E-state index in [1.165, 1.54) is 36.9 Å². The number of hydrogen-bond acceptors (Lipinski definition) is 6. The zero-order valence-electron chi connectivity index (χ0n) is 23.6. The zero-order valence-corrected chi connectivity index (χ0v) is 23.6. The number of nitrogens with zero attached hydrogens (tertiary/aromatic N) is 2. The lowest BCUT2D eigenvalue weighted by Crippen LogP contribution is -2.69. The monoisotopic (exact) mass is 537 g/mol. The summed E-state index contributed by atoms with van der Waals surface area (Å²) in [5, 5.41) is 35.6. The number of hydrogen-bond donors (Lipinski definition) is 4. The van der Waals surface area contributed by atoms with E-state index in [0.717, 1.165) is 24.1 Å². The number of aliphatic hydroxyl groups is 1. The SMILES string of the molecule is CCCC1(O)C(C)N(CC2CC2)CCC1(CC(=O)N(Cc1ccc(O)cc1)C(=O)NC)c1cc(O)ccc1C. The van der Waals surface area contributed by atoms with Crippen LogP contribution in [0.15, 0.2) is 42.5 Å². The number of likely N-dealkylation sites (tertiary alicyclic amines) is 1. The fraction of sp³-hybridized carbons (Fsp3) is 0.548. The quantitative estimate of drug-likeness (QED) is 0.376. The molecule has 0 radical (unpaired) electrons.